The van der Waals surface area contributed by atoms with Gasteiger partial charge in [0, 0.05) is 0 Å². The van der Waals surface area contributed by atoms with Crippen molar-refractivity contribution in [1.82, 2.24) is 0 Å². The Bertz CT molecular complexity index is 3170. The van der Waals surface area contributed by atoms with Gasteiger partial charge in [-0.2, -0.15) is 0 Å². The number of hydrogen-bond donors (Lipinski definition) is 0. The first kappa shape index (κ1) is 54.4. The van der Waals surface area contributed by atoms with Gasteiger partial charge in [0.1, 0.15) is 18.8 Å². The lowest BCUT2D eigenvalue weighted by atomic mass is 9.97. The number of ether oxygens (including phenoxy) is 10. The van der Waals surface area contributed by atoms with Gasteiger partial charge >= 0.3 is 41.8 Å². The molecule has 0 amide bonds. The number of carbonyl (C=O) groups is 7. The van der Waals surface area contributed by atoms with Crippen LogP contribution in [0.1, 0.15) is 72.5 Å². The Hall–Kier alpha value is -9.36. The number of halogens is 1. The molecule has 0 aliphatic carbocycles. The lowest BCUT2D eigenvalue weighted by Crippen LogP contribution is -2.64. The highest BCUT2D eigenvalue weighted by Crippen LogP contribution is 2.35. The monoisotopic (exact) mass is 1070 g/mol. The molecular weight excluding hydrogens is 1020 g/mol. The molecule has 0 unspecified atom stereocenters. The lowest BCUT2D eigenvalue weighted by molar-refractivity contribution is -0.316. The van der Waals surface area contributed by atoms with Crippen LogP contribution in [0.3, 0.4) is 0 Å². The van der Waals surface area contributed by atoms with Gasteiger partial charge in [-0.3, -0.25) is 0 Å². The molecule has 2 saturated heterocycles. The Kier molecular flexibility index (Phi) is 18.0. The van der Waals surface area contributed by atoms with Gasteiger partial charge in [-0.1, -0.05) is 127 Å². The van der Waals surface area contributed by atoms with E-state index in [0.29, 0.717) is 0 Å². The molecule has 2 aliphatic heterocycles. The van der Waals surface area contributed by atoms with Crippen molar-refractivity contribution in [3.63, 3.8) is 0 Å². The van der Waals surface area contributed by atoms with E-state index in [1.54, 1.807) is 127 Å². The number of rotatable bonds is 18. The summed E-state index contributed by atoms with van der Waals surface area (Å²) < 4.78 is 77.8. The third kappa shape index (κ3) is 13.8. The Balaban J connectivity index is 1.12. The molecule has 17 nitrogen and oxygen atoms in total. The Morgan fingerprint density at radius 1 is 0.304 bits per heavy atom. The number of benzene rings is 7. The summed E-state index contributed by atoms with van der Waals surface area (Å²) in [5.41, 5.74) is 0.206. The summed E-state index contributed by atoms with van der Waals surface area (Å²) in [5.74, 6) is -6.87. The topological polar surface area (TPSA) is 212 Å². The van der Waals surface area contributed by atoms with E-state index in [0.717, 1.165) is 0 Å². The van der Waals surface area contributed by atoms with Crippen LogP contribution in [0.5, 0.6) is 0 Å². The molecule has 0 radical (unpaired) electrons. The van der Waals surface area contributed by atoms with Gasteiger partial charge in [0.15, 0.2) is 42.9 Å². The van der Waals surface area contributed by atoms with Crippen molar-refractivity contribution in [2.24, 2.45) is 0 Å². The second-order valence-electron chi connectivity index (χ2n) is 17.8. The molecule has 10 atom stereocenters. The SMILES string of the molecule is O=C(OC[C@H]1O[C@@H](OC[C@H]2O[C@@H](F)[C@H](OC(=O)c3ccccc3)[C@@H](OC(=O)c3ccccc3)[C@@H]2OC(=O)c2ccccc2)[C@H](OC(=O)c2ccccc2)[C@@H](OC(=O)c2ccccc2)[C@@H]1OC(=O)c1ccccc1)c1ccccc1. The summed E-state index contributed by atoms with van der Waals surface area (Å²) in [5, 5.41) is 0. The number of carbonyl (C=O) groups excluding carboxylic acids is 7. The molecule has 2 fully saturated rings. The van der Waals surface area contributed by atoms with Crippen LogP contribution in [0.25, 0.3) is 0 Å². The zero-order chi connectivity index (χ0) is 55.1. The van der Waals surface area contributed by atoms with Crippen molar-refractivity contribution in [1.29, 1.82) is 0 Å². The predicted molar refractivity (Wildman–Crippen MR) is 275 cm³/mol. The largest absolute Gasteiger partial charge is 0.459 e. The molecule has 402 valence electrons. The molecule has 0 spiro atoms. The van der Waals surface area contributed by atoms with Gasteiger partial charge in [0.25, 0.3) is 0 Å². The van der Waals surface area contributed by atoms with Gasteiger partial charge in [0.05, 0.1) is 45.6 Å². The Morgan fingerprint density at radius 3 is 0.886 bits per heavy atom. The molecular formula is C61H49FO17. The minimum atomic E-state index is -2.62. The fraction of sp³-hybridized carbons (Fsp3) is 0.197. The van der Waals surface area contributed by atoms with Gasteiger partial charge < -0.3 is 47.4 Å². The molecule has 0 aromatic heterocycles. The molecule has 18 heteroatoms. The fourth-order valence-corrected chi connectivity index (χ4v) is 8.55. The van der Waals surface area contributed by atoms with Crippen molar-refractivity contribution in [3.8, 4) is 0 Å². The van der Waals surface area contributed by atoms with Crippen LogP contribution in [0.2, 0.25) is 0 Å². The first-order valence-electron chi connectivity index (χ1n) is 24.9. The highest BCUT2D eigenvalue weighted by atomic mass is 19.1. The van der Waals surface area contributed by atoms with Crippen molar-refractivity contribution in [2.45, 2.75) is 61.5 Å². The van der Waals surface area contributed by atoms with E-state index in [-0.39, 0.29) is 38.9 Å². The van der Waals surface area contributed by atoms with Crippen LogP contribution in [0, 0.1) is 0 Å². The van der Waals surface area contributed by atoms with Crippen LogP contribution in [-0.4, -0.2) is 116 Å². The average molecular weight is 1070 g/mol. The van der Waals surface area contributed by atoms with E-state index in [2.05, 4.69) is 0 Å². The predicted octanol–water partition coefficient (Wildman–Crippen LogP) is 8.63. The standard InChI is InChI=1S/C61H49FO17/c62-53-51(78-59(68)43-32-18-6-19-33-43)49(76-57(66)41-28-14-4-15-29-41)47(74-55(64)39-24-10-2-11-25-39)45(72-53)37-71-61-52(79-60(69)44-34-20-7-21-35-44)50(77-58(67)42-30-16-5-17-31-42)48(75-56(65)40-26-12-3-13-27-40)46(73-61)36-70-54(63)38-22-8-1-9-23-38/h1-35,45-53,61H,36-37H2/t45-,46-,47-,48-,49+,50+,51-,52-,53-,61-/m1/s1. The van der Waals surface area contributed by atoms with Gasteiger partial charge in [-0.05, 0) is 84.9 Å². The van der Waals surface area contributed by atoms with E-state index < -0.39 is 116 Å². The van der Waals surface area contributed by atoms with E-state index in [1.165, 1.54) is 84.9 Å². The summed E-state index contributed by atoms with van der Waals surface area (Å²) in [7, 11) is 0. The molecule has 2 aliphatic rings. The maximum atomic E-state index is 17.0. The number of hydrogen-bond acceptors (Lipinski definition) is 17. The summed E-state index contributed by atoms with van der Waals surface area (Å²) in [6.07, 6.45) is -19.4. The molecule has 0 saturated carbocycles. The quantitative estimate of drug-likeness (QED) is 0.0581. The molecule has 9 rings (SSSR count). The van der Waals surface area contributed by atoms with E-state index in [4.69, 9.17) is 47.4 Å². The van der Waals surface area contributed by atoms with Crippen LogP contribution in [-0.2, 0) is 47.4 Å². The first-order chi connectivity index (χ1) is 38.5. The third-order valence-electron chi connectivity index (χ3n) is 12.5. The normalized spacial score (nSPS) is 22.4. The third-order valence-corrected chi connectivity index (χ3v) is 12.5. The summed E-state index contributed by atoms with van der Waals surface area (Å²) >= 11 is 0. The summed E-state index contributed by atoms with van der Waals surface area (Å²) in [6, 6.07) is 53.7. The first-order valence-corrected chi connectivity index (χ1v) is 24.9. The number of alkyl halides is 1. The van der Waals surface area contributed by atoms with Crippen molar-refractivity contribution >= 4 is 41.8 Å². The molecule has 7 aromatic carbocycles. The molecule has 79 heavy (non-hydrogen) atoms. The highest BCUT2D eigenvalue weighted by molar-refractivity contribution is 5.93. The zero-order valence-corrected chi connectivity index (χ0v) is 41.7. The van der Waals surface area contributed by atoms with Gasteiger partial charge in [-0.25, -0.2) is 38.0 Å². The van der Waals surface area contributed by atoms with E-state index in [9.17, 15) is 33.6 Å². The van der Waals surface area contributed by atoms with Crippen molar-refractivity contribution < 1.29 is 85.3 Å². The smallest absolute Gasteiger partial charge is 0.338 e. The van der Waals surface area contributed by atoms with E-state index >= 15 is 4.39 Å². The molecule has 0 bridgehead atoms. The summed E-state index contributed by atoms with van der Waals surface area (Å²) in [4.78, 5) is 97.9. The van der Waals surface area contributed by atoms with Gasteiger partial charge in [-0.15, -0.1) is 0 Å². The van der Waals surface area contributed by atoms with Crippen LogP contribution < -0.4 is 0 Å². The fourth-order valence-electron chi connectivity index (χ4n) is 8.55. The Labute approximate surface area is 451 Å². The minimum absolute atomic E-state index is 0.00376. The van der Waals surface area contributed by atoms with Gasteiger partial charge in [0.2, 0.25) is 6.36 Å². The van der Waals surface area contributed by atoms with Crippen molar-refractivity contribution in [2.75, 3.05) is 13.2 Å². The van der Waals surface area contributed by atoms with Crippen LogP contribution >= 0.6 is 0 Å². The zero-order valence-electron chi connectivity index (χ0n) is 41.7. The molecule has 0 N–H and O–H groups in total. The Morgan fingerprint density at radius 2 is 0.557 bits per heavy atom. The second kappa shape index (κ2) is 26.1. The second-order valence-corrected chi connectivity index (χ2v) is 17.8. The molecule has 7 aromatic rings. The lowest BCUT2D eigenvalue weighted by Gasteiger charge is -2.45. The maximum Gasteiger partial charge on any atom is 0.338 e. The number of esters is 7. The minimum Gasteiger partial charge on any atom is -0.459 e. The van der Waals surface area contributed by atoms with Crippen LogP contribution in [0.4, 0.5) is 4.39 Å². The summed E-state index contributed by atoms with van der Waals surface area (Å²) in [6.45, 7) is -1.60. The maximum absolute atomic E-state index is 17.0. The van der Waals surface area contributed by atoms with Crippen LogP contribution in [0.15, 0.2) is 212 Å². The average Bonchev–Trinajstić information content (AvgIpc) is 3.59. The molecule has 2 heterocycles. The highest BCUT2D eigenvalue weighted by Gasteiger charge is 2.56. The van der Waals surface area contributed by atoms with E-state index in [1.807, 2.05) is 0 Å². The van der Waals surface area contributed by atoms with Crippen molar-refractivity contribution in [3.05, 3.63) is 251 Å².